The van der Waals surface area contributed by atoms with Gasteiger partial charge >= 0.3 is 0 Å². The second-order valence-corrected chi connectivity index (χ2v) is 9.68. The van der Waals surface area contributed by atoms with Crippen LogP contribution in [0.15, 0.2) is 83.8 Å². The molecule has 0 aliphatic carbocycles. The van der Waals surface area contributed by atoms with Gasteiger partial charge in [0, 0.05) is 37.3 Å². The van der Waals surface area contributed by atoms with Gasteiger partial charge in [-0.05, 0) is 36.8 Å². The minimum absolute atomic E-state index is 0.0162. The quantitative estimate of drug-likeness (QED) is 0.539. The van der Waals surface area contributed by atoms with Crippen LogP contribution in [0.1, 0.15) is 32.7 Å². The van der Waals surface area contributed by atoms with Crippen molar-refractivity contribution in [2.45, 2.75) is 11.3 Å². The Morgan fingerprint density at radius 2 is 1.36 bits per heavy atom. The molecule has 0 aromatic heterocycles. The number of benzene rings is 3. The van der Waals surface area contributed by atoms with E-state index < -0.39 is 15.8 Å². The zero-order valence-electron chi connectivity index (χ0n) is 17.9. The summed E-state index contributed by atoms with van der Waals surface area (Å²) in [4.78, 5) is 27.9. The minimum Gasteiger partial charge on any atom is -0.337 e. The maximum absolute atomic E-state index is 13.3. The van der Waals surface area contributed by atoms with Crippen molar-refractivity contribution in [1.82, 2.24) is 9.21 Å². The first-order valence-electron chi connectivity index (χ1n) is 10.6. The SMILES string of the molecule is O=C(c1ccccc1)c1ccccc1C(=O)N1CCCN(S(=O)(=O)c2ccc(F)cc2)CC1. The molecule has 8 heteroatoms. The molecule has 4 rings (SSSR count). The molecule has 0 spiro atoms. The van der Waals surface area contributed by atoms with Gasteiger partial charge in [-0.3, -0.25) is 9.59 Å². The number of halogens is 1. The van der Waals surface area contributed by atoms with Crippen molar-refractivity contribution in [2.75, 3.05) is 26.2 Å². The molecule has 6 nitrogen and oxygen atoms in total. The van der Waals surface area contributed by atoms with Crippen LogP contribution in [0.3, 0.4) is 0 Å². The zero-order valence-corrected chi connectivity index (χ0v) is 18.7. The molecule has 1 aliphatic heterocycles. The first-order valence-corrected chi connectivity index (χ1v) is 12.1. The highest BCUT2D eigenvalue weighted by atomic mass is 32.2. The van der Waals surface area contributed by atoms with Gasteiger partial charge in [0.25, 0.3) is 5.91 Å². The second kappa shape index (κ2) is 9.64. The Morgan fingerprint density at radius 1 is 0.727 bits per heavy atom. The zero-order chi connectivity index (χ0) is 23.4. The van der Waals surface area contributed by atoms with E-state index in [9.17, 15) is 22.4 Å². The van der Waals surface area contributed by atoms with Crippen molar-refractivity contribution >= 4 is 21.7 Å². The summed E-state index contributed by atoms with van der Waals surface area (Å²) in [5.41, 5.74) is 1.10. The van der Waals surface area contributed by atoms with Gasteiger partial charge in [0.1, 0.15) is 5.82 Å². The number of hydrogen-bond acceptors (Lipinski definition) is 4. The van der Waals surface area contributed by atoms with Crippen LogP contribution in [0.2, 0.25) is 0 Å². The predicted octanol–water partition coefficient (Wildman–Crippen LogP) is 3.59. The largest absolute Gasteiger partial charge is 0.337 e. The number of nitrogens with zero attached hydrogens (tertiary/aromatic N) is 2. The van der Waals surface area contributed by atoms with Crippen LogP contribution in [0.4, 0.5) is 4.39 Å². The highest BCUT2D eigenvalue weighted by Gasteiger charge is 2.29. The van der Waals surface area contributed by atoms with E-state index in [0.717, 1.165) is 12.1 Å². The third-order valence-corrected chi connectivity index (χ3v) is 7.54. The number of carbonyl (C=O) groups excluding carboxylic acids is 2. The lowest BCUT2D eigenvalue weighted by molar-refractivity contribution is 0.0760. The number of hydrogen-bond donors (Lipinski definition) is 0. The second-order valence-electron chi connectivity index (χ2n) is 7.74. The molecule has 0 radical (unpaired) electrons. The molecule has 0 unspecified atom stereocenters. The van der Waals surface area contributed by atoms with Crippen molar-refractivity contribution in [2.24, 2.45) is 0 Å². The molecule has 1 fully saturated rings. The number of ketones is 1. The molecule has 0 bridgehead atoms. The summed E-state index contributed by atoms with van der Waals surface area (Å²) in [5.74, 6) is -1.06. The molecule has 0 atom stereocenters. The van der Waals surface area contributed by atoms with Crippen LogP contribution >= 0.6 is 0 Å². The van der Waals surface area contributed by atoms with Gasteiger partial charge in [0.15, 0.2) is 5.78 Å². The number of rotatable bonds is 5. The predicted molar refractivity (Wildman–Crippen MR) is 122 cm³/mol. The maximum Gasteiger partial charge on any atom is 0.254 e. The minimum atomic E-state index is -3.80. The van der Waals surface area contributed by atoms with Gasteiger partial charge < -0.3 is 4.90 Å². The average molecular weight is 467 g/mol. The molecule has 33 heavy (non-hydrogen) atoms. The molecule has 1 saturated heterocycles. The van der Waals surface area contributed by atoms with Crippen LogP contribution in [-0.4, -0.2) is 55.5 Å². The van der Waals surface area contributed by atoms with Gasteiger partial charge in [-0.1, -0.05) is 48.5 Å². The van der Waals surface area contributed by atoms with Crippen molar-refractivity contribution in [3.05, 3.63) is 101 Å². The van der Waals surface area contributed by atoms with E-state index in [0.29, 0.717) is 29.7 Å². The van der Waals surface area contributed by atoms with E-state index in [1.807, 2.05) is 6.07 Å². The average Bonchev–Trinajstić information content (AvgIpc) is 3.11. The van der Waals surface area contributed by atoms with Crippen LogP contribution in [0, 0.1) is 5.82 Å². The van der Waals surface area contributed by atoms with E-state index in [1.54, 1.807) is 53.4 Å². The summed E-state index contributed by atoms with van der Waals surface area (Å²) < 4.78 is 40.4. The summed E-state index contributed by atoms with van der Waals surface area (Å²) >= 11 is 0. The highest BCUT2D eigenvalue weighted by molar-refractivity contribution is 7.89. The molecular weight excluding hydrogens is 443 g/mol. The maximum atomic E-state index is 13.3. The summed E-state index contributed by atoms with van der Waals surface area (Å²) in [6, 6.07) is 20.1. The first kappa shape index (κ1) is 22.8. The topological polar surface area (TPSA) is 74.8 Å². The van der Waals surface area contributed by atoms with Gasteiger partial charge in [0.05, 0.1) is 10.5 Å². The van der Waals surface area contributed by atoms with E-state index in [1.165, 1.54) is 16.4 Å². The summed E-state index contributed by atoms with van der Waals surface area (Å²) in [6.07, 6.45) is 0.445. The summed E-state index contributed by atoms with van der Waals surface area (Å²) in [5, 5.41) is 0. The Morgan fingerprint density at radius 3 is 2.06 bits per heavy atom. The molecule has 3 aromatic carbocycles. The fraction of sp³-hybridized carbons (Fsp3) is 0.200. The van der Waals surface area contributed by atoms with Crippen LogP contribution in [0.25, 0.3) is 0 Å². The molecule has 170 valence electrons. The van der Waals surface area contributed by atoms with Gasteiger partial charge in [-0.15, -0.1) is 0 Å². The monoisotopic (exact) mass is 466 g/mol. The third kappa shape index (κ3) is 4.86. The molecule has 1 heterocycles. The Balaban J connectivity index is 1.53. The fourth-order valence-electron chi connectivity index (χ4n) is 3.88. The van der Waals surface area contributed by atoms with E-state index >= 15 is 0 Å². The number of amides is 1. The molecule has 0 N–H and O–H groups in total. The van der Waals surface area contributed by atoms with Crippen LogP contribution < -0.4 is 0 Å². The standard InChI is InChI=1S/C25H23FN2O4S/c26-20-11-13-21(14-12-20)33(31,32)28-16-6-15-27(17-18-28)25(30)23-10-5-4-9-22(23)24(29)19-7-2-1-3-8-19/h1-5,7-14H,6,15-18H2. The lowest BCUT2D eigenvalue weighted by Crippen LogP contribution is -2.37. The lowest BCUT2D eigenvalue weighted by atomic mass is 9.97. The van der Waals surface area contributed by atoms with E-state index in [-0.39, 0.29) is 36.2 Å². The van der Waals surface area contributed by atoms with E-state index in [2.05, 4.69) is 0 Å². The number of sulfonamides is 1. The van der Waals surface area contributed by atoms with Crippen LogP contribution in [0.5, 0.6) is 0 Å². The molecule has 0 saturated carbocycles. The van der Waals surface area contributed by atoms with E-state index in [4.69, 9.17) is 0 Å². The first-order chi connectivity index (χ1) is 15.9. The van der Waals surface area contributed by atoms with Crippen molar-refractivity contribution in [1.29, 1.82) is 0 Å². The molecule has 1 amide bonds. The fourth-order valence-corrected chi connectivity index (χ4v) is 5.35. The molecule has 1 aliphatic rings. The Hall–Kier alpha value is -3.36. The van der Waals surface area contributed by atoms with Gasteiger partial charge in [0.2, 0.25) is 10.0 Å². The Bertz CT molecular complexity index is 1260. The highest BCUT2D eigenvalue weighted by Crippen LogP contribution is 2.21. The van der Waals surface area contributed by atoms with Crippen molar-refractivity contribution < 1.29 is 22.4 Å². The molecule has 3 aromatic rings. The third-order valence-electron chi connectivity index (χ3n) is 5.63. The Labute approximate surface area is 192 Å². The summed E-state index contributed by atoms with van der Waals surface area (Å²) in [6.45, 7) is 0.906. The van der Waals surface area contributed by atoms with Crippen molar-refractivity contribution in [3.8, 4) is 0 Å². The lowest BCUT2D eigenvalue weighted by Gasteiger charge is -2.23. The van der Waals surface area contributed by atoms with Gasteiger partial charge in [-0.2, -0.15) is 4.31 Å². The number of carbonyl (C=O) groups is 2. The molecular formula is C25H23FN2O4S. The Kier molecular flexibility index (Phi) is 6.67. The van der Waals surface area contributed by atoms with Crippen molar-refractivity contribution in [3.63, 3.8) is 0 Å². The normalized spacial score (nSPS) is 15.1. The summed E-state index contributed by atoms with van der Waals surface area (Å²) in [7, 11) is -3.80. The van der Waals surface area contributed by atoms with Crippen LogP contribution in [-0.2, 0) is 10.0 Å². The van der Waals surface area contributed by atoms with Gasteiger partial charge in [-0.25, -0.2) is 12.8 Å². The smallest absolute Gasteiger partial charge is 0.254 e.